The van der Waals surface area contributed by atoms with E-state index in [-0.39, 0.29) is 24.1 Å². The van der Waals surface area contributed by atoms with Crippen molar-refractivity contribution in [1.29, 1.82) is 0 Å². The molecule has 0 aliphatic carbocycles. The Hall–Kier alpha value is -0.860. The Morgan fingerprint density at radius 3 is 2.75 bits per heavy atom. The molecule has 1 unspecified atom stereocenters. The van der Waals surface area contributed by atoms with E-state index >= 15 is 0 Å². The average Bonchev–Trinajstić information content (AvgIpc) is 2.56. The topological polar surface area (TPSA) is 92.5 Å². The fraction of sp³-hybridized carbons (Fsp3) is 0.533. The van der Waals surface area contributed by atoms with E-state index in [1.165, 1.54) is 4.31 Å². The first kappa shape index (κ1) is 19.5. The Labute approximate surface area is 152 Å². The van der Waals surface area contributed by atoms with Crippen LogP contribution >= 0.6 is 23.2 Å². The van der Waals surface area contributed by atoms with Crippen molar-refractivity contribution < 1.29 is 13.2 Å². The molecule has 6 nitrogen and oxygen atoms in total. The number of nitrogens with one attached hydrogen (secondary N) is 1. The van der Waals surface area contributed by atoms with Gasteiger partial charge in [-0.2, -0.15) is 0 Å². The first-order chi connectivity index (χ1) is 11.3. The normalized spacial score (nSPS) is 19.2. The number of hydrogen-bond acceptors (Lipinski definition) is 4. The summed E-state index contributed by atoms with van der Waals surface area (Å²) in [5, 5.41) is 3.42. The van der Waals surface area contributed by atoms with Crippen LogP contribution in [0.25, 0.3) is 0 Å². The lowest BCUT2D eigenvalue weighted by Crippen LogP contribution is -2.46. The van der Waals surface area contributed by atoms with E-state index in [1.807, 2.05) is 0 Å². The summed E-state index contributed by atoms with van der Waals surface area (Å²) in [6.07, 6.45) is 1.33. The second-order valence-electron chi connectivity index (χ2n) is 5.78. The van der Waals surface area contributed by atoms with Crippen LogP contribution in [0.1, 0.15) is 18.4 Å². The molecule has 1 fully saturated rings. The Bertz CT molecular complexity index is 697. The Morgan fingerprint density at radius 1 is 1.33 bits per heavy atom. The van der Waals surface area contributed by atoms with Gasteiger partial charge in [0.2, 0.25) is 15.9 Å². The maximum Gasteiger partial charge on any atom is 0.224 e. The van der Waals surface area contributed by atoms with E-state index in [4.69, 9.17) is 28.9 Å². The van der Waals surface area contributed by atoms with Crippen molar-refractivity contribution >= 4 is 39.1 Å². The molecule has 0 aromatic heterocycles. The van der Waals surface area contributed by atoms with Gasteiger partial charge in [0.15, 0.2) is 0 Å². The largest absolute Gasteiger partial charge is 0.355 e. The smallest absolute Gasteiger partial charge is 0.224 e. The van der Waals surface area contributed by atoms with Crippen molar-refractivity contribution in [2.75, 3.05) is 26.2 Å². The number of nitrogens with zero attached hydrogens (tertiary/aromatic N) is 1. The number of piperidine rings is 1. The molecule has 0 spiro atoms. The number of benzene rings is 1. The summed E-state index contributed by atoms with van der Waals surface area (Å²) < 4.78 is 26.6. The minimum atomic E-state index is -3.53. The van der Waals surface area contributed by atoms with Gasteiger partial charge in [0.25, 0.3) is 0 Å². The van der Waals surface area contributed by atoms with Gasteiger partial charge in [-0.3, -0.25) is 4.79 Å². The van der Waals surface area contributed by atoms with Crippen molar-refractivity contribution in [1.82, 2.24) is 9.62 Å². The highest BCUT2D eigenvalue weighted by atomic mass is 35.5. The van der Waals surface area contributed by atoms with Crippen LogP contribution in [0.5, 0.6) is 0 Å². The first-order valence-corrected chi connectivity index (χ1v) is 10.1. The number of halogens is 2. The van der Waals surface area contributed by atoms with Gasteiger partial charge in [-0.05, 0) is 30.5 Å². The van der Waals surface area contributed by atoms with Crippen molar-refractivity contribution in [2.45, 2.75) is 18.6 Å². The third-order valence-corrected chi connectivity index (χ3v) is 6.48. The maximum atomic E-state index is 12.6. The molecule has 1 amide bonds. The SMILES string of the molecule is NCCNC(=O)C1CCCN(S(=O)(=O)Cc2ccc(Cl)c(Cl)c2)C1. The Balaban J connectivity index is 2.05. The highest BCUT2D eigenvalue weighted by Crippen LogP contribution is 2.26. The highest BCUT2D eigenvalue weighted by Gasteiger charge is 2.32. The molecule has 0 saturated carbocycles. The lowest BCUT2D eigenvalue weighted by Gasteiger charge is -2.31. The lowest BCUT2D eigenvalue weighted by atomic mass is 9.99. The number of carbonyl (C=O) groups excluding carboxylic acids is 1. The Morgan fingerprint density at radius 2 is 2.08 bits per heavy atom. The highest BCUT2D eigenvalue weighted by molar-refractivity contribution is 7.88. The van der Waals surface area contributed by atoms with E-state index < -0.39 is 10.0 Å². The van der Waals surface area contributed by atoms with E-state index in [0.717, 1.165) is 0 Å². The molecule has 1 aliphatic heterocycles. The third-order valence-electron chi connectivity index (χ3n) is 3.92. The zero-order chi connectivity index (χ0) is 17.7. The summed E-state index contributed by atoms with van der Waals surface area (Å²) in [5.41, 5.74) is 5.94. The molecule has 0 radical (unpaired) electrons. The minimum absolute atomic E-state index is 0.144. The predicted octanol–water partition coefficient (Wildman–Crippen LogP) is 1.61. The van der Waals surface area contributed by atoms with Crippen LogP contribution in [0.3, 0.4) is 0 Å². The van der Waals surface area contributed by atoms with Gasteiger partial charge in [-0.1, -0.05) is 29.3 Å². The van der Waals surface area contributed by atoms with Crippen LogP contribution in [0.2, 0.25) is 10.0 Å². The van der Waals surface area contributed by atoms with Crippen LogP contribution < -0.4 is 11.1 Å². The lowest BCUT2D eigenvalue weighted by molar-refractivity contribution is -0.126. The minimum Gasteiger partial charge on any atom is -0.355 e. The summed E-state index contributed by atoms with van der Waals surface area (Å²) in [7, 11) is -3.53. The van der Waals surface area contributed by atoms with Crippen molar-refractivity contribution in [2.24, 2.45) is 11.7 Å². The van der Waals surface area contributed by atoms with Crippen LogP contribution in [-0.4, -0.2) is 44.8 Å². The van der Waals surface area contributed by atoms with Crippen LogP contribution in [0, 0.1) is 5.92 Å². The van der Waals surface area contributed by atoms with Gasteiger partial charge in [-0.15, -0.1) is 0 Å². The summed E-state index contributed by atoms with van der Waals surface area (Å²) >= 11 is 11.8. The monoisotopic (exact) mass is 393 g/mol. The van der Waals surface area contributed by atoms with E-state index in [0.29, 0.717) is 48.1 Å². The molecular formula is C15H21Cl2N3O3S. The molecule has 1 aliphatic rings. The number of nitrogens with two attached hydrogens (primary N) is 1. The quantitative estimate of drug-likeness (QED) is 0.767. The van der Waals surface area contributed by atoms with Gasteiger partial charge in [0.05, 0.1) is 21.7 Å². The summed E-state index contributed by atoms with van der Waals surface area (Å²) in [6.45, 7) is 1.37. The number of sulfonamides is 1. The number of hydrogen-bond donors (Lipinski definition) is 2. The molecule has 3 N–H and O–H groups in total. The molecule has 1 aromatic rings. The maximum absolute atomic E-state index is 12.6. The number of rotatable bonds is 6. The van der Waals surface area contributed by atoms with E-state index in [9.17, 15) is 13.2 Å². The van der Waals surface area contributed by atoms with E-state index in [2.05, 4.69) is 5.32 Å². The number of amides is 1. The second-order valence-corrected chi connectivity index (χ2v) is 8.56. The standard InChI is InChI=1S/C15H21Cl2N3O3S/c16-13-4-3-11(8-14(13)17)10-24(22,23)20-7-1-2-12(9-20)15(21)19-6-5-18/h3-4,8,12H,1-2,5-7,9-10,18H2,(H,19,21). The molecular weight excluding hydrogens is 373 g/mol. The van der Waals surface area contributed by atoms with Crippen LogP contribution in [0.15, 0.2) is 18.2 Å². The van der Waals surface area contributed by atoms with Gasteiger partial charge >= 0.3 is 0 Å². The molecule has 24 heavy (non-hydrogen) atoms. The predicted molar refractivity (Wildman–Crippen MR) is 95.4 cm³/mol. The molecule has 1 aromatic carbocycles. The van der Waals surface area contributed by atoms with Crippen molar-refractivity contribution in [3.05, 3.63) is 33.8 Å². The second kappa shape index (κ2) is 8.49. The van der Waals surface area contributed by atoms with Crippen molar-refractivity contribution in [3.8, 4) is 0 Å². The molecule has 1 atom stereocenters. The zero-order valence-corrected chi connectivity index (χ0v) is 15.5. The summed E-state index contributed by atoms with van der Waals surface area (Å²) in [5.74, 6) is -0.648. The summed E-state index contributed by atoms with van der Waals surface area (Å²) in [6, 6.07) is 4.77. The van der Waals surface area contributed by atoms with Gasteiger partial charge < -0.3 is 11.1 Å². The van der Waals surface area contributed by atoms with Crippen LogP contribution in [-0.2, 0) is 20.6 Å². The molecule has 1 heterocycles. The first-order valence-electron chi connectivity index (χ1n) is 7.73. The van der Waals surface area contributed by atoms with Crippen molar-refractivity contribution in [3.63, 3.8) is 0 Å². The number of carbonyl (C=O) groups is 1. The van der Waals surface area contributed by atoms with Gasteiger partial charge in [-0.25, -0.2) is 12.7 Å². The third kappa shape index (κ3) is 5.07. The fourth-order valence-electron chi connectivity index (χ4n) is 2.68. The molecule has 0 bridgehead atoms. The average molecular weight is 394 g/mol. The summed E-state index contributed by atoms with van der Waals surface area (Å²) in [4.78, 5) is 12.0. The molecule has 1 saturated heterocycles. The van der Waals surface area contributed by atoms with Crippen LogP contribution in [0.4, 0.5) is 0 Å². The zero-order valence-electron chi connectivity index (χ0n) is 13.2. The Kier molecular flexibility index (Phi) is 6.88. The fourth-order valence-corrected chi connectivity index (χ4v) is 4.60. The van der Waals surface area contributed by atoms with E-state index in [1.54, 1.807) is 18.2 Å². The molecule has 134 valence electrons. The van der Waals surface area contributed by atoms with Gasteiger partial charge in [0.1, 0.15) is 0 Å². The molecule has 9 heteroatoms. The molecule has 2 rings (SSSR count). The van der Waals surface area contributed by atoms with Gasteiger partial charge in [0, 0.05) is 26.2 Å².